The zero-order valence-corrected chi connectivity index (χ0v) is 9.87. The highest BCUT2D eigenvalue weighted by molar-refractivity contribution is 5.28. The fourth-order valence-electron chi connectivity index (χ4n) is 1.90. The van der Waals surface area contributed by atoms with Crippen molar-refractivity contribution in [3.8, 4) is 11.8 Å². The van der Waals surface area contributed by atoms with Crippen molar-refractivity contribution < 1.29 is 0 Å². The summed E-state index contributed by atoms with van der Waals surface area (Å²) in [6, 6.07) is 4.04. The molecule has 1 aliphatic heterocycles. The van der Waals surface area contributed by atoms with E-state index in [1.165, 1.54) is 37.9 Å². The monoisotopic (exact) mass is 214 g/mol. The predicted molar refractivity (Wildman–Crippen MR) is 66.1 cm³/mol. The first kappa shape index (κ1) is 11.2. The van der Waals surface area contributed by atoms with Gasteiger partial charge in [-0.15, -0.1) is 0 Å². The molecule has 16 heavy (non-hydrogen) atoms. The summed E-state index contributed by atoms with van der Waals surface area (Å²) in [5, 5.41) is 0. The molecule has 2 heteroatoms. The minimum absolute atomic E-state index is 0.877. The van der Waals surface area contributed by atoms with Crippen LogP contribution in [-0.2, 0) is 0 Å². The topological polar surface area (TPSA) is 16.1 Å². The van der Waals surface area contributed by atoms with Crippen LogP contribution in [0, 0.1) is 18.8 Å². The Kier molecular flexibility index (Phi) is 3.96. The molecule has 2 nitrogen and oxygen atoms in total. The second-order valence-electron chi connectivity index (χ2n) is 4.36. The summed E-state index contributed by atoms with van der Waals surface area (Å²) in [6.45, 7) is 5.33. The number of likely N-dealkylation sites (tertiary alicyclic amines) is 1. The fourth-order valence-corrected chi connectivity index (χ4v) is 1.90. The molecule has 84 valence electrons. The minimum Gasteiger partial charge on any atom is -0.292 e. The van der Waals surface area contributed by atoms with E-state index in [1.807, 2.05) is 19.2 Å². The van der Waals surface area contributed by atoms with Gasteiger partial charge in [-0.1, -0.05) is 18.4 Å². The first-order valence-corrected chi connectivity index (χ1v) is 5.98. The van der Waals surface area contributed by atoms with Crippen LogP contribution in [0.25, 0.3) is 0 Å². The highest BCUT2D eigenvalue weighted by atomic mass is 15.1. The Morgan fingerprint density at radius 3 is 2.75 bits per heavy atom. The molecule has 0 aromatic carbocycles. The lowest BCUT2D eigenvalue weighted by molar-refractivity contribution is 0.255. The van der Waals surface area contributed by atoms with Gasteiger partial charge in [0.1, 0.15) is 5.69 Å². The van der Waals surface area contributed by atoms with Crippen LogP contribution in [0.15, 0.2) is 18.3 Å². The number of pyridine rings is 1. The third kappa shape index (κ3) is 3.36. The van der Waals surface area contributed by atoms with Crippen molar-refractivity contribution in [2.45, 2.75) is 26.2 Å². The van der Waals surface area contributed by atoms with Gasteiger partial charge in [0.2, 0.25) is 0 Å². The van der Waals surface area contributed by atoms with Crippen LogP contribution < -0.4 is 0 Å². The maximum atomic E-state index is 4.27. The first-order valence-electron chi connectivity index (χ1n) is 5.98. The van der Waals surface area contributed by atoms with Gasteiger partial charge in [0.25, 0.3) is 0 Å². The van der Waals surface area contributed by atoms with Gasteiger partial charge in [0.05, 0.1) is 6.54 Å². The van der Waals surface area contributed by atoms with E-state index in [1.54, 1.807) is 0 Å². The Labute approximate surface area is 97.7 Å². The smallest absolute Gasteiger partial charge is 0.113 e. The number of piperidine rings is 1. The molecule has 1 aromatic heterocycles. The summed E-state index contributed by atoms with van der Waals surface area (Å²) in [5.74, 6) is 6.32. The number of nitrogens with zero attached hydrogens (tertiary/aromatic N) is 2. The lowest BCUT2D eigenvalue weighted by Gasteiger charge is -2.23. The molecule has 1 saturated heterocycles. The van der Waals surface area contributed by atoms with Crippen molar-refractivity contribution in [2.24, 2.45) is 0 Å². The average Bonchev–Trinajstić information content (AvgIpc) is 2.33. The second kappa shape index (κ2) is 5.67. The minimum atomic E-state index is 0.877. The Hall–Kier alpha value is -1.33. The van der Waals surface area contributed by atoms with E-state index >= 15 is 0 Å². The Morgan fingerprint density at radius 1 is 1.25 bits per heavy atom. The molecule has 0 atom stereocenters. The van der Waals surface area contributed by atoms with Gasteiger partial charge in [-0.2, -0.15) is 0 Å². The van der Waals surface area contributed by atoms with Gasteiger partial charge < -0.3 is 0 Å². The van der Waals surface area contributed by atoms with Gasteiger partial charge in [-0.05, 0) is 50.4 Å². The van der Waals surface area contributed by atoms with E-state index in [9.17, 15) is 0 Å². The molecule has 1 aromatic rings. The van der Waals surface area contributed by atoms with Crippen LogP contribution in [-0.4, -0.2) is 29.5 Å². The van der Waals surface area contributed by atoms with Crippen molar-refractivity contribution in [3.63, 3.8) is 0 Å². The van der Waals surface area contributed by atoms with Crippen LogP contribution in [0.1, 0.15) is 30.5 Å². The van der Waals surface area contributed by atoms with Crippen LogP contribution in [0.2, 0.25) is 0 Å². The van der Waals surface area contributed by atoms with Crippen molar-refractivity contribution in [1.82, 2.24) is 9.88 Å². The maximum Gasteiger partial charge on any atom is 0.113 e. The molecule has 0 amide bonds. The normalized spacial score (nSPS) is 16.6. The van der Waals surface area contributed by atoms with E-state index in [0.29, 0.717) is 0 Å². The zero-order chi connectivity index (χ0) is 11.2. The summed E-state index contributed by atoms with van der Waals surface area (Å²) in [4.78, 5) is 6.69. The molecule has 2 heterocycles. The van der Waals surface area contributed by atoms with E-state index in [2.05, 4.69) is 27.8 Å². The number of aryl methyl sites for hydroxylation is 1. The fraction of sp³-hybridized carbons (Fsp3) is 0.500. The van der Waals surface area contributed by atoms with Gasteiger partial charge in [0.15, 0.2) is 0 Å². The number of aromatic nitrogens is 1. The van der Waals surface area contributed by atoms with Crippen LogP contribution in [0.4, 0.5) is 0 Å². The molecule has 1 fully saturated rings. The van der Waals surface area contributed by atoms with Crippen LogP contribution in [0.3, 0.4) is 0 Å². The Balaban J connectivity index is 1.87. The standard InChI is InChI=1S/C14H18N2/c1-13-7-8-14(15-12-13)6-5-11-16-9-3-2-4-10-16/h7-8,12H,2-4,9-11H2,1H3. The predicted octanol–water partition coefficient (Wildman–Crippen LogP) is 2.23. The third-order valence-corrected chi connectivity index (χ3v) is 2.88. The summed E-state index contributed by atoms with van der Waals surface area (Å²) in [6.07, 6.45) is 5.89. The summed E-state index contributed by atoms with van der Waals surface area (Å²) >= 11 is 0. The summed E-state index contributed by atoms with van der Waals surface area (Å²) in [7, 11) is 0. The molecule has 0 bridgehead atoms. The largest absolute Gasteiger partial charge is 0.292 e. The quantitative estimate of drug-likeness (QED) is 0.666. The van der Waals surface area contributed by atoms with E-state index in [4.69, 9.17) is 0 Å². The third-order valence-electron chi connectivity index (χ3n) is 2.88. The van der Waals surface area contributed by atoms with Crippen molar-refractivity contribution >= 4 is 0 Å². The lowest BCUT2D eigenvalue weighted by atomic mass is 10.1. The van der Waals surface area contributed by atoms with Gasteiger partial charge in [0, 0.05) is 6.20 Å². The van der Waals surface area contributed by atoms with Crippen molar-refractivity contribution in [3.05, 3.63) is 29.6 Å². The second-order valence-corrected chi connectivity index (χ2v) is 4.36. The number of rotatable bonds is 1. The average molecular weight is 214 g/mol. The molecule has 0 aliphatic carbocycles. The van der Waals surface area contributed by atoms with Crippen molar-refractivity contribution in [2.75, 3.05) is 19.6 Å². The van der Waals surface area contributed by atoms with E-state index in [-0.39, 0.29) is 0 Å². The van der Waals surface area contributed by atoms with Gasteiger partial charge >= 0.3 is 0 Å². The molecular formula is C14H18N2. The molecule has 0 N–H and O–H groups in total. The molecule has 1 aliphatic rings. The van der Waals surface area contributed by atoms with Crippen LogP contribution in [0.5, 0.6) is 0 Å². The SMILES string of the molecule is Cc1ccc(C#CCN2CCCCC2)nc1. The molecule has 0 unspecified atom stereocenters. The van der Waals surface area contributed by atoms with Crippen LogP contribution >= 0.6 is 0 Å². The summed E-state index contributed by atoms with van der Waals surface area (Å²) in [5.41, 5.74) is 2.06. The first-order chi connectivity index (χ1) is 7.84. The zero-order valence-electron chi connectivity index (χ0n) is 9.87. The highest BCUT2D eigenvalue weighted by Gasteiger charge is 2.07. The van der Waals surface area contributed by atoms with E-state index in [0.717, 1.165) is 12.2 Å². The Morgan fingerprint density at radius 2 is 2.06 bits per heavy atom. The lowest BCUT2D eigenvalue weighted by Crippen LogP contribution is -2.29. The molecule has 0 saturated carbocycles. The van der Waals surface area contributed by atoms with Gasteiger partial charge in [-0.3, -0.25) is 4.90 Å². The maximum absolute atomic E-state index is 4.27. The molecule has 0 radical (unpaired) electrons. The van der Waals surface area contributed by atoms with Crippen molar-refractivity contribution in [1.29, 1.82) is 0 Å². The number of hydrogen-bond donors (Lipinski definition) is 0. The molecular weight excluding hydrogens is 196 g/mol. The summed E-state index contributed by atoms with van der Waals surface area (Å²) < 4.78 is 0. The van der Waals surface area contributed by atoms with E-state index < -0.39 is 0 Å². The highest BCUT2D eigenvalue weighted by Crippen LogP contribution is 2.07. The molecule has 0 spiro atoms. The van der Waals surface area contributed by atoms with Gasteiger partial charge in [-0.25, -0.2) is 4.98 Å². The Bertz CT molecular complexity index is 377. The number of hydrogen-bond acceptors (Lipinski definition) is 2. The molecule has 2 rings (SSSR count).